The van der Waals surface area contributed by atoms with E-state index in [1.807, 2.05) is 42.5 Å². The van der Waals surface area contributed by atoms with E-state index in [1.165, 1.54) is 12.8 Å². The van der Waals surface area contributed by atoms with Gasteiger partial charge in [0.15, 0.2) is 17.5 Å². The summed E-state index contributed by atoms with van der Waals surface area (Å²) in [6, 6.07) is 13.4. The Kier molecular flexibility index (Phi) is 8.69. The van der Waals surface area contributed by atoms with Gasteiger partial charge in [-0.25, -0.2) is 4.99 Å². The molecule has 2 aromatic rings. The minimum absolute atomic E-state index is 0. The van der Waals surface area contributed by atoms with Gasteiger partial charge < -0.3 is 25.3 Å². The SMILES string of the molecule is COc1ccc(NC(N)=NCc2ccc(OC3CCCC3)c(OC)c2)cc1.I. The van der Waals surface area contributed by atoms with Crippen LogP contribution in [0.25, 0.3) is 0 Å². The van der Waals surface area contributed by atoms with E-state index < -0.39 is 0 Å². The molecule has 0 heterocycles. The first kappa shape index (κ1) is 22.1. The van der Waals surface area contributed by atoms with E-state index >= 15 is 0 Å². The number of benzene rings is 2. The van der Waals surface area contributed by atoms with Crippen LogP contribution in [0.5, 0.6) is 17.2 Å². The third kappa shape index (κ3) is 6.19. The number of guanidine groups is 1. The fourth-order valence-corrected chi connectivity index (χ4v) is 3.13. The van der Waals surface area contributed by atoms with E-state index in [0.717, 1.165) is 41.3 Å². The number of hydrogen-bond donors (Lipinski definition) is 2. The molecule has 0 atom stereocenters. The molecule has 0 aromatic heterocycles. The lowest BCUT2D eigenvalue weighted by atomic mass is 10.2. The van der Waals surface area contributed by atoms with E-state index in [0.29, 0.717) is 18.6 Å². The summed E-state index contributed by atoms with van der Waals surface area (Å²) in [5.41, 5.74) is 7.85. The summed E-state index contributed by atoms with van der Waals surface area (Å²) in [6.07, 6.45) is 5.00. The van der Waals surface area contributed by atoms with Crippen LogP contribution in [0.2, 0.25) is 0 Å². The van der Waals surface area contributed by atoms with Crippen molar-refractivity contribution >= 4 is 35.6 Å². The molecule has 28 heavy (non-hydrogen) atoms. The Labute approximate surface area is 183 Å². The fraction of sp³-hybridized carbons (Fsp3) is 0.381. The summed E-state index contributed by atoms with van der Waals surface area (Å²) in [5, 5.41) is 3.07. The molecule has 1 aliphatic rings. The van der Waals surface area contributed by atoms with Gasteiger partial charge in [0, 0.05) is 5.69 Å². The largest absolute Gasteiger partial charge is 0.497 e. The van der Waals surface area contributed by atoms with Crippen molar-refractivity contribution in [3.8, 4) is 17.2 Å². The van der Waals surface area contributed by atoms with Crippen LogP contribution in [0.4, 0.5) is 5.69 Å². The van der Waals surface area contributed by atoms with Crippen molar-refractivity contribution in [2.45, 2.75) is 38.3 Å². The first-order valence-electron chi connectivity index (χ1n) is 9.22. The highest BCUT2D eigenvalue weighted by atomic mass is 127. The number of nitrogens with two attached hydrogens (primary N) is 1. The Morgan fingerprint density at radius 3 is 2.39 bits per heavy atom. The van der Waals surface area contributed by atoms with Crippen LogP contribution in [0.1, 0.15) is 31.2 Å². The monoisotopic (exact) mass is 497 g/mol. The molecule has 1 aliphatic carbocycles. The molecular formula is C21H28IN3O3. The molecule has 0 radical (unpaired) electrons. The van der Waals surface area contributed by atoms with E-state index in [9.17, 15) is 0 Å². The van der Waals surface area contributed by atoms with Gasteiger partial charge in [-0.3, -0.25) is 0 Å². The second-order valence-electron chi connectivity index (χ2n) is 6.56. The predicted molar refractivity (Wildman–Crippen MR) is 123 cm³/mol. The number of rotatable bonds is 7. The number of ether oxygens (including phenoxy) is 3. The minimum atomic E-state index is 0. The molecule has 6 nitrogen and oxygen atoms in total. The van der Waals surface area contributed by atoms with E-state index in [-0.39, 0.29) is 24.0 Å². The molecule has 1 fully saturated rings. The van der Waals surface area contributed by atoms with Crippen molar-refractivity contribution in [1.29, 1.82) is 0 Å². The second-order valence-corrected chi connectivity index (χ2v) is 6.56. The molecule has 0 saturated heterocycles. The number of halogens is 1. The lowest BCUT2D eigenvalue weighted by molar-refractivity contribution is 0.200. The molecule has 2 aromatic carbocycles. The third-order valence-corrected chi connectivity index (χ3v) is 4.62. The van der Waals surface area contributed by atoms with Crippen molar-refractivity contribution in [3.63, 3.8) is 0 Å². The van der Waals surface area contributed by atoms with Gasteiger partial charge in [0.1, 0.15) is 5.75 Å². The normalized spacial score (nSPS) is 14.3. The highest BCUT2D eigenvalue weighted by Gasteiger charge is 2.18. The first-order chi connectivity index (χ1) is 13.2. The van der Waals surface area contributed by atoms with Crippen LogP contribution >= 0.6 is 24.0 Å². The van der Waals surface area contributed by atoms with Crippen LogP contribution in [0, 0.1) is 0 Å². The van der Waals surface area contributed by atoms with Gasteiger partial charge in [0.2, 0.25) is 0 Å². The molecular weight excluding hydrogens is 469 g/mol. The summed E-state index contributed by atoms with van der Waals surface area (Å²) >= 11 is 0. The molecule has 0 unspecified atom stereocenters. The highest BCUT2D eigenvalue weighted by Crippen LogP contribution is 2.32. The van der Waals surface area contributed by atoms with Crippen molar-refractivity contribution in [2.24, 2.45) is 10.7 Å². The van der Waals surface area contributed by atoms with Gasteiger partial charge >= 0.3 is 0 Å². The minimum Gasteiger partial charge on any atom is -0.497 e. The number of nitrogens with one attached hydrogen (secondary N) is 1. The summed E-state index contributed by atoms with van der Waals surface area (Å²) in [7, 11) is 3.29. The first-order valence-corrected chi connectivity index (χ1v) is 9.22. The smallest absolute Gasteiger partial charge is 0.193 e. The van der Waals surface area contributed by atoms with Crippen molar-refractivity contribution in [1.82, 2.24) is 0 Å². The maximum absolute atomic E-state index is 6.07. The Hall–Kier alpha value is -2.16. The van der Waals surface area contributed by atoms with Gasteiger partial charge in [0.05, 0.1) is 26.9 Å². The van der Waals surface area contributed by atoms with Gasteiger partial charge in [-0.15, -0.1) is 24.0 Å². The average Bonchev–Trinajstić information content (AvgIpc) is 3.21. The summed E-state index contributed by atoms with van der Waals surface area (Å²) in [5.74, 6) is 2.67. The summed E-state index contributed by atoms with van der Waals surface area (Å²) in [4.78, 5) is 4.40. The standard InChI is InChI=1S/C21H27N3O3.HI/c1-25-17-10-8-16(9-11-17)24-21(22)23-14-15-7-12-19(20(13-15)26-2)27-18-5-3-4-6-18;/h7-13,18H,3-6,14H2,1-2H3,(H3,22,23,24);1H. The Balaban J connectivity index is 0.00000280. The predicted octanol–water partition coefficient (Wildman–Crippen LogP) is 4.57. The van der Waals surface area contributed by atoms with Crippen molar-refractivity contribution < 1.29 is 14.2 Å². The van der Waals surface area contributed by atoms with E-state index in [2.05, 4.69) is 10.3 Å². The zero-order valence-electron chi connectivity index (χ0n) is 16.3. The highest BCUT2D eigenvalue weighted by molar-refractivity contribution is 14.0. The number of methoxy groups -OCH3 is 2. The summed E-state index contributed by atoms with van der Waals surface area (Å²) < 4.78 is 16.7. The lowest BCUT2D eigenvalue weighted by Crippen LogP contribution is -2.22. The lowest BCUT2D eigenvalue weighted by Gasteiger charge is -2.16. The van der Waals surface area contributed by atoms with Gasteiger partial charge in [-0.05, 0) is 67.6 Å². The molecule has 3 rings (SSSR count). The Morgan fingerprint density at radius 2 is 1.75 bits per heavy atom. The Morgan fingerprint density at radius 1 is 1.04 bits per heavy atom. The van der Waals surface area contributed by atoms with Crippen LogP contribution in [0.15, 0.2) is 47.5 Å². The zero-order valence-corrected chi connectivity index (χ0v) is 18.6. The van der Waals surface area contributed by atoms with Gasteiger partial charge in [-0.2, -0.15) is 0 Å². The number of anilines is 1. The van der Waals surface area contributed by atoms with Crippen LogP contribution in [-0.2, 0) is 6.54 Å². The third-order valence-electron chi connectivity index (χ3n) is 4.62. The number of nitrogens with zero attached hydrogens (tertiary/aromatic N) is 1. The molecule has 0 bridgehead atoms. The maximum atomic E-state index is 6.07. The van der Waals surface area contributed by atoms with Crippen LogP contribution in [0.3, 0.4) is 0 Å². The number of aliphatic imine (C=N–C) groups is 1. The van der Waals surface area contributed by atoms with Crippen molar-refractivity contribution in [3.05, 3.63) is 48.0 Å². The zero-order chi connectivity index (χ0) is 19.1. The molecule has 3 N–H and O–H groups in total. The van der Waals surface area contributed by atoms with Gasteiger partial charge in [-0.1, -0.05) is 6.07 Å². The number of hydrogen-bond acceptors (Lipinski definition) is 4. The summed E-state index contributed by atoms with van der Waals surface area (Å²) in [6.45, 7) is 0.453. The van der Waals surface area contributed by atoms with Crippen LogP contribution < -0.4 is 25.3 Å². The fourth-order valence-electron chi connectivity index (χ4n) is 3.13. The van der Waals surface area contributed by atoms with Gasteiger partial charge in [0.25, 0.3) is 0 Å². The molecule has 7 heteroatoms. The average molecular weight is 497 g/mol. The molecule has 0 spiro atoms. The molecule has 152 valence electrons. The molecule has 0 amide bonds. The van der Waals surface area contributed by atoms with Crippen LogP contribution in [-0.4, -0.2) is 26.3 Å². The maximum Gasteiger partial charge on any atom is 0.193 e. The topological polar surface area (TPSA) is 78.1 Å². The van der Waals surface area contributed by atoms with E-state index in [4.69, 9.17) is 19.9 Å². The quantitative estimate of drug-likeness (QED) is 0.333. The van der Waals surface area contributed by atoms with E-state index in [1.54, 1.807) is 14.2 Å². The molecule has 0 aliphatic heterocycles. The van der Waals surface area contributed by atoms with Crippen molar-refractivity contribution in [2.75, 3.05) is 19.5 Å². The molecule has 1 saturated carbocycles. The Bertz CT molecular complexity index is 775. The second kappa shape index (κ2) is 11.0.